The zero-order valence-corrected chi connectivity index (χ0v) is 9.43. The Hall–Kier alpha value is -0.680. The second-order valence-electron chi connectivity index (χ2n) is 3.42. The molecule has 1 fully saturated rings. The fraction of sp³-hybridized carbons (Fsp3) is 0.556. The van der Waals surface area contributed by atoms with Crippen LogP contribution in [0, 0.1) is 0 Å². The molecule has 1 heterocycles. The highest BCUT2D eigenvalue weighted by molar-refractivity contribution is 9.10. The van der Waals surface area contributed by atoms with Crippen LogP contribution in [-0.2, 0) is 11.3 Å². The molecule has 1 saturated carbocycles. The number of aromatic nitrogens is 2. The minimum atomic E-state index is -0.117. The lowest BCUT2D eigenvalue weighted by atomic mass is 10.3. The molecule has 0 atom stereocenters. The highest BCUT2D eigenvalue weighted by Crippen LogP contribution is 2.37. The highest BCUT2D eigenvalue weighted by Gasteiger charge is 2.27. The number of nitrogens with zero attached hydrogens (tertiary/aromatic N) is 1. The minimum absolute atomic E-state index is 0.117. The molecule has 1 aromatic rings. The predicted octanol–water partition coefficient (Wildman–Crippen LogP) is 1.56. The van der Waals surface area contributed by atoms with Gasteiger partial charge in [0.2, 0.25) is 0 Å². The largest absolute Gasteiger partial charge is 0.378 e. The van der Waals surface area contributed by atoms with Gasteiger partial charge in [0, 0.05) is 13.0 Å². The fourth-order valence-electron chi connectivity index (χ4n) is 1.31. The maximum absolute atomic E-state index is 11.5. The molecule has 76 valence electrons. The lowest BCUT2D eigenvalue weighted by Crippen LogP contribution is -2.15. The van der Waals surface area contributed by atoms with Gasteiger partial charge in [-0.3, -0.25) is 4.79 Å². The highest BCUT2D eigenvalue weighted by atomic mass is 79.9. The topological polar surface area (TPSA) is 55.0 Å². The summed E-state index contributed by atoms with van der Waals surface area (Å²) < 4.78 is 5.45. The van der Waals surface area contributed by atoms with Crippen molar-refractivity contribution in [2.45, 2.75) is 25.4 Å². The Morgan fingerprint density at radius 1 is 1.64 bits per heavy atom. The number of aromatic amines is 1. The van der Waals surface area contributed by atoms with E-state index in [1.807, 2.05) is 0 Å². The molecule has 2 rings (SSSR count). The lowest BCUT2D eigenvalue weighted by Gasteiger charge is -2.04. The van der Waals surface area contributed by atoms with Crippen molar-refractivity contribution in [1.29, 1.82) is 0 Å². The molecular formula is C9H11BrN2O2. The van der Waals surface area contributed by atoms with Crippen LogP contribution in [0.4, 0.5) is 0 Å². The molecule has 1 aromatic heterocycles. The number of rotatable bonds is 3. The van der Waals surface area contributed by atoms with Crippen LogP contribution in [0.25, 0.3) is 0 Å². The first-order valence-electron chi connectivity index (χ1n) is 4.50. The molecule has 1 aliphatic rings. The third-order valence-corrected chi connectivity index (χ3v) is 3.01. The van der Waals surface area contributed by atoms with E-state index in [1.54, 1.807) is 7.11 Å². The van der Waals surface area contributed by atoms with Crippen molar-refractivity contribution in [3.05, 3.63) is 26.3 Å². The van der Waals surface area contributed by atoms with Crippen molar-refractivity contribution in [1.82, 2.24) is 9.97 Å². The van der Waals surface area contributed by atoms with E-state index in [4.69, 9.17) is 4.74 Å². The number of H-pyrrole nitrogens is 1. The number of hydrogen-bond acceptors (Lipinski definition) is 3. The van der Waals surface area contributed by atoms with Gasteiger partial charge in [-0.2, -0.15) is 0 Å². The van der Waals surface area contributed by atoms with Crippen LogP contribution in [0.3, 0.4) is 0 Å². The van der Waals surface area contributed by atoms with Crippen LogP contribution in [0.1, 0.15) is 30.3 Å². The summed E-state index contributed by atoms with van der Waals surface area (Å²) in [6.07, 6.45) is 2.24. The van der Waals surface area contributed by atoms with Gasteiger partial charge in [-0.1, -0.05) is 0 Å². The minimum Gasteiger partial charge on any atom is -0.378 e. The molecule has 0 amide bonds. The molecule has 14 heavy (non-hydrogen) atoms. The molecule has 0 spiro atoms. The van der Waals surface area contributed by atoms with Crippen molar-refractivity contribution in [3.63, 3.8) is 0 Å². The zero-order chi connectivity index (χ0) is 10.1. The SMILES string of the molecule is COCc1nc(C2CC2)[nH]c(=O)c1Br. The zero-order valence-electron chi connectivity index (χ0n) is 7.84. The Bertz CT molecular complexity index is 398. The van der Waals surface area contributed by atoms with Gasteiger partial charge >= 0.3 is 0 Å². The monoisotopic (exact) mass is 258 g/mol. The first-order chi connectivity index (χ1) is 6.72. The Kier molecular flexibility index (Phi) is 2.69. The van der Waals surface area contributed by atoms with Gasteiger partial charge < -0.3 is 9.72 Å². The molecular weight excluding hydrogens is 248 g/mol. The second kappa shape index (κ2) is 3.82. The lowest BCUT2D eigenvalue weighted by molar-refractivity contribution is 0.180. The summed E-state index contributed by atoms with van der Waals surface area (Å²) in [5.41, 5.74) is 0.562. The molecule has 0 saturated heterocycles. The molecule has 0 unspecified atom stereocenters. The van der Waals surface area contributed by atoms with Crippen molar-refractivity contribution >= 4 is 15.9 Å². The van der Waals surface area contributed by atoms with E-state index in [2.05, 4.69) is 25.9 Å². The van der Waals surface area contributed by atoms with Crippen LogP contribution in [0.2, 0.25) is 0 Å². The maximum Gasteiger partial charge on any atom is 0.265 e. The van der Waals surface area contributed by atoms with E-state index in [0.29, 0.717) is 22.7 Å². The summed E-state index contributed by atoms with van der Waals surface area (Å²) in [7, 11) is 1.59. The standard InChI is InChI=1S/C9H11BrN2O2/c1-14-4-6-7(10)9(13)12-8(11-6)5-2-3-5/h5H,2-4H2,1H3,(H,11,12,13). The fourth-order valence-corrected chi connectivity index (χ4v) is 1.61. The smallest absolute Gasteiger partial charge is 0.265 e. The van der Waals surface area contributed by atoms with E-state index < -0.39 is 0 Å². The van der Waals surface area contributed by atoms with Crippen LogP contribution in [0.15, 0.2) is 9.27 Å². The number of hydrogen-bond donors (Lipinski definition) is 1. The van der Waals surface area contributed by atoms with Crippen molar-refractivity contribution in [2.75, 3.05) is 7.11 Å². The normalized spacial score (nSPS) is 15.9. The Labute approximate surface area is 89.8 Å². The quantitative estimate of drug-likeness (QED) is 0.896. The number of nitrogens with one attached hydrogen (secondary N) is 1. The molecule has 0 bridgehead atoms. The molecule has 5 heteroatoms. The first-order valence-corrected chi connectivity index (χ1v) is 5.29. The third kappa shape index (κ3) is 1.88. The summed E-state index contributed by atoms with van der Waals surface area (Å²) in [6.45, 7) is 0.365. The Morgan fingerprint density at radius 3 is 2.93 bits per heavy atom. The van der Waals surface area contributed by atoms with Crippen LogP contribution in [0.5, 0.6) is 0 Å². The van der Waals surface area contributed by atoms with E-state index >= 15 is 0 Å². The average molecular weight is 259 g/mol. The van der Waals surface area contributed by atoms with Crippen molar-refractivity contribution < 1.29 is 4.74 Å². The number of ether oxygens (including phenoxy) is 1. The summed E-state index contributed by atoms with van der Waals surface area (Å²) in [5, 5.41) is 0. The second-order valence-corrected chi connectivity index (χ2v) is 4.21. The third-order valence-electron chi connectivity index (χ3n) is 2.19. The van der Waals surface area contributed by atoms with E-state index in [1.165, 1.54) is 0 Å². The molecule has 0 aromatic carbocycles. The summed E-state index contributed by atoms with van der Waals surface area (Å²) in [5.74, 6) is 1.25. The van der Waals surface area contributed by atoms with E-state index in [0.717, 1.165) is 18.7 Å². The number of halogens is 1. The summed E-state index contributed by atoms with van der Waals surface area (Å²) in [6, 6.07) is 0. The van der Waals surface area contributed by atoms with Crippen molar-refractivity contribution in [3.8, 4) is 0 Å². The van der Waals surface area contributed by atoms with Gasteiger partial charge in [-0.15, -0.1) is 0 Å². The van der Waals surface area contributed by atoms with Crippen LogP contribution < -0.4 is 5.56 Å². The van der Waals surface area contributed by atoms with Gasteiger partial charge in [0.25, 0.3) is 5.56 Å². The molecule has 1 aliphatic carbocycles. The van der Waals surface area contributed by atoms with E-state index in [9.17, 15) is 4.79 Å². The number of methoxy groups -OCH3 is 1. The Morgan fingerprint density at radius 2 is 2.36 bits per heavy atom. The molecule has 1 N–H and O–H groups in total. The Balaban J connectivity index is 2.41. The first kappa shape index (κ1) is 9.86. The predicted molar refractivity (Wildman–Crippen MR) is 55.2 cm³/mol. The molecule has 4 nitrogen and oxygen atoms in total. The van der Waals surface area contributed by atoms with Crippen LogP contribution in [-0.4, -0.2) is 17.1 Å². The van der Waals surface area contributed by atoms with Crippen molar-refractivity contribution in [2.24, 2.45) is 0 Å². The summed E-state index contributed by atoms with van der Waals surface area (Å²) in [4.78, 5) is 18.6. The van der Waals surface area contributed by atoms with Gasteiger partial charge in [0.05, 0.1) is 12.3 Å². The van der Waals surface area contributed by atoms with Gasteiger partial charge in [-0.05, 0) is 28.8 Å². The van der Waals surface area contributed by atoms with E-state index in [-0.39, 0.29) is 5.56 Å². The summed E-state index contributed by atoms with van der Waals surface area (Å²) >= 11 is 3.20. The van der Waals surface area contributed by atoms with Crippen LogP contribution >= 0.6 is 15.9 Å². The average Bonchev–Trinajstić information content (AvgIpc) is 2.96. The molecule has 0 aliphatic heterocycles. The van der Waals surface area contributed by atoms with Gasteiger partial charge in [0.1, 0.15) is 10.3 Å². The van der Waals surface area contributed by atoms with Gasteiger partial charge in [0.15, 0.2) is 0 Å². The van der Waals surface area contributed by atoms with Gasteiger partial charge in [-0.25, -0.2) is 4.98 Å². The maximum atomic E-state index is 11.5. The molecule has 0 radical (unpaired) electrons.